The number of likely N-dealkylation sites (N-methyl/N-ethyl adjacent to an activating group) is 1. The quantitative estimate of drug-likeness (QED) is 0.486. The summed E-state index contributed by atoms with van der Waals surface area (Å²) in [5.74, 6) is -1.30. The molecule has 112 valence electrons. The third-order valence-corrected chi connectivity index (χ3v) is 4.45. The standard InChI is InChI=1S/C15H18BrN3O2/c1-19(2)13(21)12(20)18-14(17)15(8-3-9-15)10-4-6-11(16)7-5-10/h4-7H,3,8-9H2,1-2H3,(H2,17,18,20). The van der Waals surface area contributed by atoms with Gasteiger partial charge >= 0.3 is 11.8 Å². The average Bonchev–Trinajstić information content (AvgIpc) is 2.38. The first kappa shape index (κ1) is 15.7. The second-order valence-corrected chi connectivity index (χ2v) is 6.39. The summed E-state index contributed by atoms with van der Waals surface area (Å²) >= 11 is 3.39. The Morgan fingerprint density at radius 2 is 1.81 bits per heavy atom. The summed E-state index contributed by atoms with van der Waals surface area (Å²) in [4.78, 5) is 24.6. The second-order valence-electron chi connectivity index (χ2n) is 5.47. The van der Waals surface area contributed by atoms with Gasteiger partial charge in [0.1, 0.15) is 5.84 Å². The maximum Gasteiger partial charge on any atom is 0.314 e. The Morgan fingerprint density at radius 3 is 2.24 bits per heavy atom. The first-order valence-corrected chi connectivity index (χ1v) is 7.54. The van der Waals surface area contributed by atoms with Gasteiger partial charge in [0.2, 0.25) is 0 Å². The largest absolute Gasteiger partial charge is 0.341 e. The van der Waals surface area contributed by atoms with Crippen LogP contribution in [0.4, 0.5) is 0 Å². The number of amides is 2. The lowest BCUT2D eigenvalue weighted by Crippen LogP contribution is -2.53. The first-order chi connectivity index (χ1) is 9.86. The molecule has 0 bridgehead atoms. The number of hydrogen-bond donors (Lipinski definition) is 2. The molecule has 0 aromatic heterocycles. The van der Waals surface area contributed by atoms with Gasteiger partial charge in [0.05, 0.1) is 5.41 Å². The Bertz CT molecular complexity index is 577. The number of hydrogen-bond acceptors (Lipinski definition) is 3. The second kappa shape index (κ2) is 5.97. The van der Waals surface area contributed by atoms with Gasteiger partial charge in [-0.1, -0.05) is 34.5 Å². The lowest BCUT2D eigenvalue weighted by Gasteiger charge is -2.42. The number of carbonyl (C=O) groups excluding carboxylic acids is 2. The monoisotopic (exact) mass is 351 g/mol. The Labute approximate surface area is 132 Å². The summed E-state index contributed by atoms with van der Waals surface area (Å²) in [5, 5.41) is 10.7. The third-order valence-electron chi connectivity index (χ3n) is 3.92. The van der Waals surface area contributed by atoms with E-state index in [-0.39, 0.29) is 5.84 Å². The van der Waals surface area contributed by atoms with Crippen molar-refractivity contribution in [1.29, 1.82) is 5.41 Å². The van der Waals surface area contributed by atoms with Crippen LogP contribution in [0.5, 0.6) is 0 Å². The van der Waals surface area contributed by atoms with E-state index in [0.717, 1.165) is 29.3 Å². The van der Waals surface area contributed by atoms with E-state index in [4.69, 9.17) is 5.41 Å². The zero-order valence-corrected chi connectivity index (χ0v) is 13.7. The lowest BCUT2D eigenvalue weighted by atomic mass is 9.63. The number of amidine groups is 1. The minimum absolute atomic E-state index is 0.108. The van der Waals surface area contributed by atoms with Gasteiger partial charge in [-0.05, 0) is 30.5 Å². The van der Waals surface area contributed by atoms with Crippen molar-refractivity contribution in [3.8, 4) is 0 Å². The molecule has 1 saturated carbocycles. The molecule has 0 spiro atoms. The van der Waals surface area contributed by atoms with Gasteiger partial charge < -0.3 is 10.2 Å². The molecule has 0 saturated heterocycles. The molecule has 1 aliphatic carbocycles. The first-order valence-electron chi connectivity index (χ1n) is 6.74. The molecule has 21 heavy (non-hydrogen) atoms. The lowest BCUT2D eigenvalue weighted by molar-refractivity contribution is -0.143. The summed E-state index contributed by atoms with van der Waals surface area (Å²) in [5.41, 5.74) is 0.530. The van der Waals surface area contributed by atoms with Gasteiger partial charge in [0.15, 0.2) is 0 Å². The van der Waals surface area contributed by atoms with Crippen molar-refractivity contribution >= 4 is 33.6 Å². The average molecular weight is 352 g/mol. The SMILES string of the molecule is CN(C)C(=O)C(=O)NC(=N)C1(c2ccc(Br)cc2)CCC1. The van der Waals surface area contributed by atoms with Crippen LogP contribution in [-0.4, -0.2) is 36.6 Å². The predicted octanol–water partition coefficient (Wildman–Crippen LogP) is 2.05. The molecule has 1 aromatic rings. The fourth-order valence-electron chi connectivity index (χ4n) is 2.47. The molecule has 0 heterocycles. The van der Waals surface area contributed by atoms with E-state index in [0.29, 0.717) is 0 Å². The van der Waals surface area contributed by atoms with Crippen molar-refractivity contribution in [3.05, 3.63) is 34.3 Å². The van der Waals surface area contributed by atoms with Crippen LogP contribution in [-0.2, 0) is 15.0 Å². The predicted molar refractivity (Wildman–Crippen MR) is 84.2 cm³/mol. The highest BCUT2D eigenvalue weighted by molar-refractivity contribution is 9.10. The fraction of sp³-hybridized carbons (Fsp3) is 0.400. The molecule has 1 fully saturated rings. The molecule has 0 aliphatic heterocycles. The molecule has 0 radical (unpaired) electrons. The molecule has 2 rings (SSSR count). The van der Waals surface area contributed by atoms with Gasteiger partial charge in [-0.15, -0.1) is 0 Å². The van der Waals surface area contributed by atoms with Gasteiger partial charge in [-0.25, -0.2) is 0 Å². The van der Waals surface area contributed by atoms with Crippen molar-refractivity contribution in [1.82, 2.24) is 10.2 Å². The normalized spacial score (nSPS) is 15.8. The molecule has 2 N–H and O–H groups in total. The Kier molecular flexibility index (Phi) is 4.46. The fourth-order valence-corrected chi connectivity index (χ4v) is 2.74. The van der Waals surface area contributed by atoms with Gasteiger partial charge in [-0.2, -0.15) is 0 Å². The van der Waals surface area contributed by atoms with E-state index in [1.165, 1.54) is 19.0 Å². The zero-order valence-electron chi connectivity index (χ0n) is 12.1. The molecular formula is C15H18BrN3O2. The molecule has 1 aliphatic rings. The summed E-state index contributed by atoms with van der Waals surface area (Å²) in [6.07, 6.45) is 2.63. The maximum absolute atomic E-state index is 11.8. The van der Waals surface area contributed by atoms with E-state index in [2.05, 4.69) is 21.2 Å². The summed E-state index contributed by atoms with van der Waals surface area (Å²) < 4.78 is 0.971. The Balaban J connectivity index is 2.17. The number of rotatable bonds is 2. The summed E-state index contributed by atoms with van der Waals surface area (Å²) in [7, 11) is 3.03. The Morgan fingerprint density at radius 1 is 1.24 bits per heavy atom. The number of benzene rings is 1. The van der Waals surface area contributed by atoms with E-state index >= 15 is 0 Å². The van der Waals surface area contributed by atoms with Crippen molar-refractivity contribution in [2.24, 2.45) is 0 Å². The highest BCUT2D eigenvalue weighted by Crippen LogP contribution is 2.44. The van der Waals surface area contributed by atoms with Crippen LogP contribution >= 0.6 is 15.9 Å². The summed E-state index contributed by atoms with van der Waals surface area (Å²) in [6, 6.07) is 7.76. The molecule has 2 amide bonds. The van der Waals surface area contributed by atoms with Gasteiger partial charge in [-0.3, -0.25) is 15.0 Å². The van der Waals surface area contributed by atoms with Crippen LogP contribution in [0.25, 0.3) is 0 Å². The van der Waals surface area contributed by atoms with E-state index in [9.17, 15) is 9.59 Å². The number of nitrogens with one attached hydrogen (secondary N) is 2. The summed E-state index contributed by atoms with van der Waals surface area (Å²) in [6.45, 7) is 0. The van der Waals surface area contributed by atoms with E-state index in [1.807, 2.05) is 24.3 Å². The van der Waals surface area contributed by atoms with Crippen LogP contribution in [0, 0.1) is 5.41 Å². The van der Waals surface area contributed by atoms with Crippen LogP contribution in [0.2, 0.25) is 0 Å². The van der Waals surface area contributed by atoms with Crippen molar-refractivity contribution in [3.63, 3.8) is 0 Å². The molecular weight excluding hydrogens is 334 g/mol. The topological polar surface area (TPSA) is 73.3 Å². The van der Waals surface area contributed by atoms with E-state index < -0.39 is 17.2 Å². The maximum atomic E-state index is 11.8. The number of carbonyl (C=O) groups is 2. The van der Waals surface area contributed by atoms with Crippen LogP contribution in [0.15, 0.2) is 28.7 Å². The van der Waals surface area contributed by atoms with Crippen molar-refractivity contribution < 1.29 is 9.59 Å². The van der Waals surface area contributed by atoms with Crippen LogP contribution in [0.1, 0.15) is 24.8 Å². The molecule has 0 atom stereocenters. The Hall–Kier alpha value is -1.69. The minimum Gasteiger partial charge on any atom is -0.341 e. The molecule has 0 unspecified atom stereocenters. The highest BCUT2D eigenvalue weighted by Gasteiger charge is 2.44. The van der Waals surface area contributed by atoms with Crippen molar-refractivity contribution in [2.75, 3.05) is 14.1 Å². The molecule has 1 aromatic carbocycles. The minimum atomic E-state index is -0.756. The molecule has 6 heteroatoms. The van der Waals surface area contributed by atoms with E-state index in [1.54, 1.807) is 0 Å². The van der Waals surface area contributed by atoms with Gasteiger partial charge in [0, 0.05) is 18.6 Å². The van der Waals surface area contributed by atoms with Crippen LogP contribution in [0.3, 0.4) is 0 Å². The third kappa shape index (κ3) is 3.00. The zero-order chi connectivity index (χ0) is 15.6. The molecule has 5 nitrogen and oxygen atoms in total. The van der Waals surface area contributed by atoms with Crippen molar-refractivity contribution in [2.45, 2.75) is 24.7 Å². The van der Waals surface area contributed by atoms with Gasteiger partial charge in [0.25, 0.3) is 0 Å². The van der Waals surface area contributed by atoms with Crippen LogP contribution < -0.4 is 5.32 Å². The smallest absolute Gasteiger partial charge is 0.314 e. The number of nitrogens with zero attached hydrogens (tertiary/aromatic N) is 1. The number of halogens is 1. The highest BCUT2D eigenvalue weighted by atomic mass is 79.9.